The van der Waals surface area contributed by atoms with Gasteiger partial charge in [-0.25, -0.2) is 4.98 Å². The quantitative estimate of drug-likeness (QED) is 0.872. The Labute approximate surface area is 140 Å². The summed E-state index contributed by atoms with van der Waals surface area (Å²) in [5.41, 5.74) is 0.936. The molecule has 23 heavy (non-hydrogen) atoms. The van der Waals surface area contributed by atoms with Crippen molar-refractivity contribution in [3.63, 3.8) is 0 Å². The number of thioether (sulfide) groups is 1. The number of pyridine rings is 1. The summed E-state index contributed by atoms with van der Waals surface area (Å²) in [6.45, 7) is 3.68. The molecule has 0 saturated carbocycles. The highest BCUT2D eigenvalue weighted by Gasteiger charge is 2.23. The van der Waals surface area contributed by atoms with Gasteiger partial charge < -0.3 is 4.90 Å². The second-order valence-corrected chi connectivity index (χ2v) is 7.01. The summed E-state index contributed by atoms with van der Waals surface area (Å²) in [7, 11) is 0. The van der Waals surface area contributed by atoms with E-state index in [0.29, 0.717) is 11.0 Å². The first-order chi connectivity index (χ1) is 11.2. The van der Waals surface area contributed by atoms with Crippen LogP contribution < -0.4 is 0 Å². The lowest BCUT2D eigenvalue weighted by Gasteiger charge is -2.23. The summed E-state index contributed by atoms with van der Waals surface area (Å²) >= 11 is 1.41. The summed E-state index contributed by atoms with van der Waals surface area (Å²) in [6.07, 6.45) is 8.10. The molecule has 0 spiro atoms. The first-order valence-electron chi connectivity index (χ1n) is 8.02. The fourth-order valence-corrected chi connectivity index (χ4v) is 3.50. The van der Waals surface area contributed by atoms with Gasteiger partial charge in [0.25, 0.3) is 0 Å². The number of aromatic amines is 1. The van der Waals surface area contributed by atoms with E-state index in [1.54, 1.807) is 12.4 Å². The number of hydrogen-bond acceptors (Lipinski definition) is 5. The van der Waals surface area contributed by atoms with Gasteiger partial charge in [0.2, 0.25) is 11.1 Å². The second-order valence-electron chi connectivity index (χ2n) is 5.70. The average Bonchev–Trinajstić information content (AvgIpc) is 2.88. The van der Waals surface area contributed by atoms with Gasteiger partial charge in [-0.3, -0.25) is 14.9 Å². The number of H-pyrrole nitrogens is 1. The third kappa shape index (κ3) is 4.10. The zero-order chi connectivity index (χ0) is 16.1. The molecule has 2 aromatic rings. The maximum Gasteiger partial charge on any atom is 0.235 e. The largest absolute Gasteiger partial charge is 0.342 e. The van der Waals surface area contributed by atoms with Crippen LogP contribution in [0, 0.1) is 0 Å². The summed E-state index contributed by atoms with van der Waals surface area (Å²) < 4.78 is 0. The van der Waals surface area contributed by atoms with Crippen LogP contribution in [0.4, 0.5) is 0 Å². The number of rotatable bonds is 4. The predicted molar refractivity (Wildman–Crippen MR) is 90.0 cm³/mol. The fraction of sp³-hybridized carbons (Fsp3) is 0.500. The molecular weight excluding hydrogens is 310 g/mol. The lowest BCUT2D eigenvalue weighted by molar-refractivity contribution is -0.130. The summed E-state index contributed by atoms with van der Waals surface area (Å²) in [5.74, 6) is 0.886. The van der Waals surface area contributed by atoms with Crippen LogP contribution in [-0.4, -0.2) is 49.3 Å². The van der Waals surface area contributed by atoms with Gasteiger partial charge >= 0.3 is 0 Å². The molecule has 3 heterocycles. The first-order valence-corrected chi connectivity index (χ1v) is 8.90. The minimum absolute atomic E-state index is 0.172. The molecule has 1 saturated heterocycles. The van der Waals surface area contributed by atoms with Crippen LogP contribution in [0.25, 0.3) is 11.4 Å². The van der Waals surface area contributed by atoms with E-state index in [1.807, 2.05) is 24.0 Å². The number of nitrogens with zero attached hydrogens (tertiary/aromatic N) is 4. The molecule has 7 heteroatoms. The van der Waals surface area contributed by atoms with Crippen molar-refractivity contribution >= 4 is 17.7 Å². The lowest BCUT2D eigenvalue weighted by Crippen LogP contribution is -2.37. The molecular formula is C16H21N5OS. The van der Waals surface area contributed by atoms with E-state index < -0.39 is 0 Å². The van der Waals surface area contributed by atoms with Gasteiger partial charge in [-0.15, -0.1) is 5.10 Å². The Morgan fingerprint density at radius 3 is 2.61 bits per heavy atom. The van der Waals surface area contributed by atoms with E-state index in [4.69, 9.17) is 0 Å². The van der Waals surface area contributed by atoms with Crippen molar-refractivity contribution in [1.82, 2.24) is 25.1 Å². The molecule has 1 atom stereocenters. The van der Waals surface area contributed by atoms with E-state index in [1.165, 1.54) is 24.6 Å². The molecule has 122 valence electrons. The van der Waals surface area contributed by atoms with Crippen LogP contribution in [0.3, 0.4) is 0 Å². The zero-order valence-electron chi connectivity index (χ0n) is 13.2. The fourth-order valence-electron chi connectivity index (χ4n) is 2.69. The Balaban J connectivity index is 1.62. The molecule has 1 amide bonds. The van der Waals surface area contributed by atoms with Crippen LogP contribution in [-0.2, 0) is 4.79 Å². The molecule has 1 aliphatic rings. The Kier molecular flexibility index (Phi) is 5.27. The topological polar surface area (TPSA) is 74.8 Å². The van der Waals surface area contributed by atoms with E-state index in [-0.39, 0.29) is 11.2 Å². The van der Waals surface area contributed by atoms with Crippen molar-refractivity contribution in [2.45, 2.75) is 43.0 Å². The summed E-state index contributed by atoms with van der Waals surface area (Å²) in [5, 5.41) is 7.57. The molecule has 0 aliphatic carbocycles. The van der Waals surface area contributed by atoms with Crippen LogP contribution in [0.1, 0.15) is 32.6 Å². The highest BCUT2D eigenvalue weighted by Crippen LogP contribution is 2.24. The highest BCUT2D eigenvalue weighted by molar-refractivity contribution is 8.00. The Hall–Kier alpha value is -1.89. The third-order valence-electron chi connectivity index (χ3n) is 3.97. The molecule has 1 fully saturated rings. The van der Waals surface area contributed by atoms with Crippen molar-refractivity contribution in [2.24, 2.45) is 0 Å². The van der Waals surface area contributed by atoms with Gasteiger partial charge in [-0.2, -0.15) is 0 Å². The van der Waals surface area contributed by atoms with Crippen LogP contribution in [0.15, 0.2) is 29.7 Å². The first kappa shape index (κ1) is 16.0. The van der Waals surface area contributed by atoms with Gasteiger partial charge in [-0.1, -0.05) is 24.6 Å². The lowest BCUT2D eigenvalue weighted by atomic mass is 10.2. The van der Waals surface area contributed by atoms with Gasteiger partial charge in [0, 0.05) is 31.0 Å². The third-order valence-corrected chi connectivity index (χ3v) is 4.91. The Morgan fingerprint density at radius 1 is 1.22 bits per heavy atom. The maximum atomic E-state index is 12.6. The van der Waals surface area contributed by atoms with Crippen LogP contribution in [0.2, 0.25) is 0 Å². The molecule has 0 bridgehead atoms. The number of carbonyl (C=O) groups excluding carboxylic acids is 1. The monoisotopic (exact) mass is 331 g/mol. The van der Waals surface area contributed by atoms with Gasteiger partial charge in [0.15, 0.2) is 5.82 Å². The maximum absolute atomic E-state index is 12.6. The number of hydrogen-bond donors (Lipinski definition) is 1. The second kappa shape index (κ2) is 7.59. The Morgan fingerprint density at radius 2 is 1.91 bits per heavy atom. The van der Waals surface area contributed by atoms with Crippen LogP contribution in [0.5, 0.6) is 0 Å². The van der Waals surface area contributed by atoms with Gasteiger partial charge in [0.05, 0.1) is 5.25 Å². The molecule has 0 unspecified atom stereocenters. The summed E-state index contributed by atoms with van der Waals surface area (Å²) in [6, 6.07) is 3.75. The predicted octanol–water partition coefficient (Wildman–Crippen LogP) is 2.75. The van der Waals surface area contributed by atoms with E-state index in [2.05, 4.69) is 20.2 Å². The number of aromatic nitrogens is 4. The molecule has 0 radical (unpaired) electrons. The van der Waals surface area contributed by atoms with Crippen molar-refractivity contribution in [2.75, 3.05) is 13.1 Å². The zero-order valence-corrected chi connectivity index (χ0v) is 14.1. The van der Waals surface area contributed by atoms with Crippen LogP contribution >= 0.6 is 11.8 Å². The summed E-state index contributed by atoms with van der Waals surface area (Å²) in [4.78, 5) is 23.0. The minimum Gasteiger partial charge on any atom is -0.342 e. The van der Waals surface area contributed by atoms with E-state index in [0.717, 1.165) is 31.5 Å². The smallest absolute Gasteiger partial charge is 0.235 e. The molecule has 1 N–H and O–H groups in total. The molecule has 1 aliphatic heterocycles. The van der Waals surface area contributed by atoms with E-state index in [9.17, 15) is 4.79 Å². The molecule has 0 aromatic carbocycles. The number of carbonyl (C=O) groups is 1. The van der Waals surface area contributed by atoms with Gasteiger partial charge in [-0.05, 0) is 31.9 Å². The number of likely N-dealkylation sites (tertiary alicyclic amines) is 1. The normalized spacial score (nSPS) is 16.8. The van der Waals surface area contributed by atoms with Crippen molar-refractivity contribution in [3.8, 4) is 11.4 Å². The molecule has 2 aromatic heterocycles. The van der Waals surface area contributed by atoms with E-state index >= 15 is 0 Å². The average molecular weight is 331 g/mol. The minimum atomic E-state index is -0.172. The number of amides is 1. The number of nitrogens with one attached hydrogen (secondary N) is 1. The highest BCUT2D eigenvalue weighted by atomic mass is 32.2. The van der Waals surface area contributed by atoms with Gasteiger partial charge in [0.1, 0.15) is 0 Å². The van der Waals surface area contributed by atoms with Crippen molar-refractivity contribution in [1.29, 1.82) is 0 Å². The molecule has 3 rings (SSSR count). The van der Waals surface area contributed by atoms with Crippen molar-refractivity contribution < 1.29 is 4.79 Å². The standard InChI is InChI=1S/C16H21N5OS/c1-12(15(22)21-10-4-2-3-5-11-21)23-16-18-14(19-20-16)13-6-8-17-9-7-13/h6-9,12H,2-5,10-11H2,1H3,(H,18,19,20)/t12-/m1/s1. The Bertz CT molecular complexity index is 637. The molecule has 6 nitrogen and oxygen atoms in total. The SMILES string of the molecule is C[C@@H](Sc1n[nH]c(-c2ccncc2)n1)C(=O)N1CCCCCC1. The van der Waals surface area contributed by atoms with Crippen molar-refractivity contribution in [3.05, 3.63) is 24.5 Å².